The van der Waals surface area contributed by atoms with Crippen molar-refractivity contribution in [2.24, 2.45) is 5.10 Å². The highest BCUT2D eigenvalue weighted by Gasteiger charge is 2.07. The van der Waals surface area contributed by atoms with E-state index in [1.807, 2.05) is 26.0 Å². The number of amides is 1. The molecule has 0 saturated carbocycles. The van der Waals surface area contributed by atoms with Gasteiger partial charge in [-0.15, -0.1) is 11.3 Å². The summed E-state index contributed by atoms with van der Waals surface area (Å²) in [6.07, 6.45) is 1.35. The van der Waals surface area contributed by atoms with Gasteiger partial charge in [-0.1, -0.05) is 6.07 Å². The van der Waals surface area contributed by atoms with Gasteiger partial charge in [0.15, 0.2) is 6.61 Å². The van der Waals surface area contributed by atoms with Crippen LogP contribution >= 0.6 is 11.3 Å². The van der Waals surface area contributed by atoms with E-state index in [-0.39, 0.29) is 12.3 Å². The highest BCUT2D eigenvalue weighted by Crippen LogP contribution is 2.19. The maximum Gasteiger partial charge on any atom is 0.280 e. The number of hydrogen-bond donors (Lipinski definition) is 1. The first-order chi connectivity index (χ1) is 11.0. The minimum atomic E-state index is -0.482. The Kier molecular flexibility index (Phi) is 5.42. The van der Waals surface area contributed by atoms with Crippen molar-refractivity contribution in [3.8, 4) is 5.75 Å². The molecule has 0 radical (unpaired) electrons. The smallest absolute Gasteiger partial charge is 0.280 e. The lowest BCUT2D eigenvalue weighted by Gasteiger charge is -2.07. The molecular weight excluding hydrogens is 318 g/mol. The molecule has 0 unspecified atom stereocenters. The number of carbonyl (C=O) groups is 1. The number of nitro groups is 1. The molecule has 7 nitrogen and oxygen atoms in total. The van der Waals surface area contributed by atoms with Gasteiger partial charge in [-0.25, -0.2) is 5.43 Å². The monoisotopic (exact) mass is 333 g/mol. The zero-order valence-corrected chi connectivity index (χ0v) is 13.4. The zero-order chi connectivity index (χ0) is 16.8. The number of hydrazone groups is 1. The lowest BCUT2D eigenvalue weighted by Crippen LogP contribution is -2.24. The molecule has 0 aliphatic heterocycles. The summed E-state index contributed by atoms with van der Waals surface area (Å²) in [6.45, 7) is 3.80. The second kappa shape index (κ2) is 7.50. The number of benzene rings is 1. The molecule has 0 aliphatic rings. The van der Waals surface area contributed by atoms with Crippen LogP contribution in [0.3, 0.4) is 0 Å². The number of hydrogen-bond acceptors (Lipinski definition) is 6. The van der Waals surface area contributed by atoms with Crippen LogP contribution < -0.4 is 10.2 Å². The van der Waals surface area contributed by atoms with Crippen molar-refractivity contribution < 1.29 is 14.5 Å². The molecule has 1 heterocycles. The molecule has 1 aromatic carbocycles. The molecule has 23 heavy (non-hydrogen) atoms. The third kappa shape index (κ3) is 4.89. The van der Waals surface area contributed by atoms with Crippen molar-refractivity contribution in [1.82, 2.24) is 5.43 Å². The minimum absolute atomic E-state index is 0.000788. The predicted molar refractivity (Wildman–Crippen MR) is 88.1 cm³/mol. The fourth-order valence-electron chi connectivity index (χ4n) is 1.66. The molecule has 0 saturated heterocycles. The van der Waals surface area contributed by atoms with Crippen LogP contribution in [0.25, 0.3) is 0 Å². The van der Waals surface area contributed by atoms with Crippen LogP contribution in [-0.2, 0) is 4.79 Å². The van der Waals surface area contributed by atoms with Gasteiger partial charge >= 0.3 is 0 Å². The van der Waals surface area contributed by atoms with Crippen molar-refractivity contribution in [3.05, 3.63) is 55.8 Å². The van der Waals surface area contributed by atoms with Crippen molar-refractivity contribution in [2.45, 2.75) is 13.8 Å². The van der Waals surface area contributed by atoms with Gasteiger partial charge < -0.3 is 4.74 Å². The molecule has 120 valence electrons. The van der Waals surface area contributed by atoms with E-state index in [0.29, 0.717) is 10.6 Å². The predicted octanol–water partition coefficient (Wildman–Crippen LogP) is 2.80. The third-order valence-corrected chi connectivity index (χ3v) is 3.90. The van der Waals surface area contributed by atoms with Crippen molar-refractivity contribution >= 4 is 29.1 Å². The quantitative estimate of drug-likeness (QED) is 0.499. The van der Waals surface area contributed by atoms with E-state index < -0.39 is 10.8 Å². The van der Waals surface area contributed by atoms with E-state index >= 15 is 0 Å². The maximum atomic E-state index is 11.6. The van der Waals surface area contributed by atoms with Gasteiger partial charge in [-0.05, 0) is 37.1 Å². The number of ether oxygens (including phenoxy) is 1. The Bertz CT molecular complexity index is 755. The molecule has 1 N–H and O–H groups in total. The van der Waals surface area contributed by atoms with Gasteiger partial charge in [0.1, 0.15) is 5.75 Å². The topological polar surface area (TPSA) is 93.8 Å². The zero-order valence-electron chi connectivity index (χ0n) is 12.6. The summed E-state index contributed by atoms with van der Waals surface area (Å²) in [6, 6.07) is 6.96. The Hall–Kier alpha value is -2.74. The molecule has 0 spiro atoms. The normalized spacial score (nSPS) is 10.7. The molecule has 2 aromatic rings. The SMILES string of the molecule is Cc1ccc(OCC(=O)N/N=C/c2cc([N+](=O)[O-])cs2)cc1C. The number of rotatable bonds is 6. The second-order valence-corrected chi connectivity index (χ2v) is 5.74. The molecule has 0 aliphatic carbocycles. The van der Waals surface area contributed by atoms with E-state index in [9.17, 15) is 14.9 Å². The molecule has 0 atom stereocenters. The maximum absolute atomic E-state index is 11.6. The van der Waals surface area contributed by atoms with Crippen molar-refractivity contribution in [3.63, 3.8) is 0 Å². The largest absolute Gasteiger partial charge is 0.484 e. The Morgan fingerprint density at radius 1 is 1.39 bits per heavy atom. The first kappa shape index (κ1) is 16.6. The first-order valence-electron chi connectivity index (χ1n) is 6.70. The molecule has 8 heteroatoms. The molecule has 1 amide bonds. The van der Waals surface area contributed by atoms with E-state index in [2.05, 4.69) is 10.5 Å². The van der Waals surface area contributed by atoms with Gasteiger partial charge in [-0.2, -0.15) is 5.10 Å². The number of nitrogens with zero attached hydrogens (tertiary/aromatic N) is 2. The average Bonchev–Trinajstić information content (AvgIpc) is 2.97. The Balaban J connectivity index is 1.81. The Morgan fingerprint density at radius 2 is 2.17 bits per heavy atom. The lowest BCUT2D eigenvalue weighted by atomic mass is 10.1. The molecule has 2 rings (SSSR count). The average molecular weight is 333 g/mol. The summed E-state index contributed by atoms with van der Waals surface area (Å²) in [7, 11) is 0. The summed E-state index contributed by atoms with van der Waals surface area (Å²) in [5.41, 5.74) is 4.54. The van der Waals surface area contributed by atoms with Crippen LogP contribution in [0, 0.1) is 24.0 Å². The molecule has 0 fully saturated rings. The highest BCUT2D eigenvalue weighted by atomic mass is 32.1. The van der Waals surface area contributed by atoms with Gasteiger partial charge in [0, 0.05) is 6.07 Å². The van der Waals surface area contributed by atoms with Crippen LogP contribution in [0.15, 0.2) is 34.7 Å². The molecular formula is C15H15N3O4S. The van der Waals surface area contributed by atoms with E-state index in [1.165, 1.54) is 29.0 Å². The summed E-state index contributed by atoms with van der Waals surface area (Å²) in [5, 5.41) is 15.7. The Labute approximate surface area is 136 Å². The van der Waals surface area contributed by atoms with Gasteiger partial charge in [0.25, 0.3) is 11.6 Å². The lowest BCUT2D eigenvalue weighted by molar-refractivity contribution is -0.384. The second-order valence-electron chi connectivity index (χ2n) is 4.79. The number of nitrogens with one attached hydrogen (secondary N) is 1. The standard InChI is InChI=1S/C15H15N3O4S/c1-10-3-4-13(5-11(10)2)22-8-15(19)17-16-7-14-6-12(9-23-14)18(20)21/h3-7,9H,8H2,1-2H3,(H,17,19)/b16-7+. The fourth-order valence-corrected chi connectivity index (χ4v) is 2.37. The van der Waals surface area contributed by atoms with E-state index in [4.69, 9.17) is 4.74 Å². The minimum Gasteiger partial charge on any atom is -0.484 e. The highest BCUT2D eigenvalue weighted by molar-refractivity contribution is 7.12. The first-order valence-corrected chi connectivity index (χ1v) is 7.58. The summed E-state index contributed by atoms with van der Waals surface area (Å²) in [5.74, 6) is 0.201. The van der Waals surface area contributed by atoms with E-state index in [0.717, 1.165) is 11.1 Å². The van der Waals surface area contributed by atoms with E-state index in [1.54, 1.807) is 6.07 Å². The van der Waals surface area contributed by atoms with Gasteiger partial charge in [0.2, 0.25) is 0 Å². The van der Waals surface area contributed by atoms with Crippen LogP contribution in [0.5, 0.6) is 5.75 Å². The summed E-state index contributed by atoms with van der Waals surface area (Å²) in [4.78, 5) is 22.3. The summed E-state index contributed by atoms with van der Waals surface area (Å²) < 4.78 is 5.37. The van der Waals surface area contributed by atoms with Crippen molar-refractivity contribution in [1.29, 1.82) is 0 Å². The van der Waals surface area contributed by atoms with Crippen LogP contribution in [0.1, 0.15) is 16.0 Å². The molecule has 1 aromatic heterocycles. The van der Waals surface area contributed by atoms with Crippen LogP contribution in [0.2, 0.25) is 0 Å². The Morgan fingerprint density at radius 3 is 2.83 bits per heavy atom. The molecule has 0 bridgehead atoms. The fraction of sp³-hybridized carbons (Fsp3) is 0.200. The van der Waals surface area contributed by atoms with Gasteiger partial charge in [-0.3, -0.25) is 14.9 Å². The summed E-state index contributed by atoms with van der Waals surface area (Å²) >= 11 is 1.17. The number of aryl methyl sites for hydroxylation is 2. The number of carbonyl (C=O) groups excluding carboxylic acids is 1. The van der Waals surface area contributed by atoms with Gasteiger partial charge in [0.05, 0.1) is 21.4 Å². The van der Waals surface area contributed by atoms with Crippen LogP contribution in [0.4, 0.5) is 5.69 Å². The van der Waals surface area contributed by atoms with Crippen molar-refractivity contribution in [2.75, 3.05) is 6.61 Å². The third-order valence-electron chi connectivity index (χ3n) is 3.05. The van der Waals surface area contributed by atoms with Crippen LogP contribution in [-0.4, -0.2) is 23.7 Å². The number of thiophene rings is 1.